The SMILES string of the molecule is CCn1nncc1NCC1(O)CCC(C)CC1. The van der Waals surface area contributed by atoms with Gasteiger partial charge in [0.2, 0.25) is 0 Å². The number of nitrogens with zero attached hydrogens (tertiary/aromatic N) is 3. The van der Waals surface area contributed by atoms with Crippen molar-refractivity contribution in [3.05, 3.63) is 6.20 Å². The molecule has 1 aliphatic rings. The molecule has 1 aromatic rings. The third kappa shape index (κ3) is 2.97. The second-order valence-electron chi connectivity index (χ2n) is 5.20. The van der Waals surface area contributed by atoms with Crippen molar-refractivity contribution in [1.29, 1.82) is 0 Å². The van der Waals surface area contributed by atoms with E-state index in [-0.39, 0.29) is 0 Å². The first-order chi connectivity index (χ1) is 8.13. The summed E-state index contributed by atoms with van der Waals surface area (Å²) in [4.78, 5) is 0. The van der Waals surface area contributed by atoms with Crippen LogP contribution >= 0.6 is 0 Å². The lowest BCUT2D eigenvalue weighted by molar-refractivity contribution is 0.00488. The van der Waals surface area contributed by atoms with Gasteiger partial charge in [0.25, 0.3) is 0 Å². The van der Waals surface area contributed by atoms with Crippen LogP contribution in [-0.2, 0) is 6.54 Å². The Balaban J connectivity index is 1.89. The molecule has 1 saturated carbocycles. The van der Waals surface area contributed by atoms with Gasteiger partial charge in [0.15, 0.2) is 0 Å². The maximum absolute atomic E-state index is 10.4. The van der Waals surface area contributed by atoms with Crippen LogP contribution in [0.1, 0.15) is 39.5 Å². The smallest absolute Gasteiger partial charge is 0.144 e. The summed E-state index contributed by atoms with van der Waals surface area (Å²) in [5, 5.41) is 21.5. The zero-order valence-corrected chi connectivity index (χ0v) is 10.7. The van der Waals surface area contributed by atoms with Gasteiger partial charge in [-0.3, -0.25) is 0 Å². The number of hydrogen-bond donors (Lipinski definition) is 2. The van der Waals surface area contributed by atoms with Crippen molar-refractivity contribution < 1.29 is 5.11 Å². The van der Waals surface area contributed by atoms with Crippen LogP contribution in [-0.4, -0.2) is 32.2 Å². The zero-order chi connectivity index (χ0) is 12.3. The molecule has 0 amide bonds. The van der Waals surface area contributed by atoms with Gasteiger partial charge in [0.05, 0.1) is 11.8 Å². The van der Waals surface area contributed by atoms with Gasteiger partial charge in [-0.15, -0.1) is 5.10 Å². The highest BCUT2D eigenvalue weighted by Crippen LogP contribution is 2.31. The van der Waals surface area contributed by atoms with E-state index < -0.39 is 5.60 Å². The largest absolute Gasteiger partial charge is 0.388 e. The van der Waals surface area contributed by atoms with Crippen molar-refractivity contribution in [2.45, 2.75) is 51.7 Å². The molecule has 0 aromatic carbocycles. The topological polar surface area (TPSA) is 63.0 Å². The minimum absolute atomic E-state index is 0.560. The summed E-state index contributed by atoms with van der Waals surface area (Å²) in [6, 6.07) is 0. The van der Waals surface area contributed by atoms with Gasteiger partial charge >= 0.3 is 0 Å². The normalized spacial score (nSPS) is 29.2. The molecule has 0 bridgehead atoms. The molecule has 0 aliphatic heterocycles. The minimum atomic E-state index is -0.560. The third-order valence-electron chi connectivity index (χ3n) is 3.72. The lowest BCUT2D eigenvalue weighted by Gasteiger charge is -2.35. The molecule has 0 spiro atoms. The molecule has 5 nitrogen and oxygen atoms in total. The second kappa shape index (κ2) is 5.04. The van der Waals surface area contributed by atoms with Crippen LogP contribution < -0.4 is 5.32 Å². The Labute approximate surface area is 102 Å². The van der Waals surface area contributed by atoms with Crippen molar-refractivity contribution >= 4 is 5.82 Å². The van der Waals surface area contributed by atoms with Gasteiger partial charge in [-0.25, -0.2) is 4.68 Å². The molecule has 17 heavy (non-hydrogen) atoms. The quantitative estimate of drug-likeness (QED) is 0.837. The summed E-state index contributed by atoms with van der Waals surface area (Å²) in [7, 11) is 0. The number of aromatic nitrogens is 3. The van der Waals surface area contributed by atoms with Crippen LogP contribution in [0.5, 0.6) is 0 Å². The van der Waals surface area contributed by atoms with E-state index in [2.05, 4.69) is 22.6 Å². The Bertz CT molecular complexity index is 355. The highest BCUT2D eigenvalue weighted by molar-refractivity contribution is 5.31. The molecular formula is C12H22N4O. The average molecular weight is 238 g/mol. The molecule has 1 fully saturated rings. The summed E-state index contributed by atoms with van der Waals surface area (Å²) < 4.78 is 1.80. The summed E-state index contributed by atoms with van der Waals surface area (Å²) in [5.74, 6) is 1.64. The van der Waals surface area contributed by atoms with Crippen LogP contribution in [0.25, 0.3) is 0 Å². The van der Waals surface area contributed by atoms with Crippen LogP contribution in [0.15, 0.2) is 6.20 Å². The fourth-order valence-corrected chi connectivity index (χ4v) is 2.36. The molecule has 0 atom stereocenters. The average Bonchev–Trinajstić information content (AvgIpc) is 2.78. The summed E-state index contributed by atoms with van der Waals surface area (Å²) in [6.07, 6.45) is 5.70. The van der Waals surface area contributed by atoms with Gasteiger partial charge in [0, 0.05) is 13.1 Å². The first-order valence-electron chi connectivity index (χ1n) is 6.48. The monoisotopic (exact) mass is 238 g/mol. The Hall–Kier alpha value is -1.10. The summed E-state index contributed by atoms with van der Waals surface area (Å²) >= 11 is 0. The zero-order valence-electron chi connectivity index (χ0n) is 10.7. The fourth-order valence-electron chi connectivity index (χ4n) is 2.36. The van der Waals surface area contributed by atoms with E-state index >= 15 is 0 Å². The minimum Gasteiger partial charge on any atom is -0.388 e. The highest BCUT2D eigenvalue weighted by Gasteiger charge is 2.31. The molecule has 96 valence electrons. The van der Waals surface area contributed by atoms with Gasteiger partial charge in [-0.1, -0.05) is 12.1 Å². The van der Waals surface area contributed by atoms with Crippen LogP contribution in [0.3, 0.4) is 0 Å². The Morgan fingerprint density at radius 1 is 1.53 bits per heavy atom. The van der Waals surface area contributed by atoms with Gasteiger partial charge in [-0.2, -0.15) is 0 Å². The number of rotatable bonds is 4. The van der Waals surface area contributed by atoms with E-state index in [1.807, 2.05) is 6.92 Å². The molecule has 0 saturated heterocycles. The standard InChI is InChI=1S/C12H22N4O/c1-3-16-11(8-14-15-16)13-9-12(17)6-4-10(2)5-7-12/h8,10,13,17H,3-7,9H2,1-2H3. The molecule has 2 rings (SSSR count). The Kier molecular flexibility index (Phi) is 3.66. The van der Waals surface area contributed by atoms with E-state index in [0.717, 1.165) is 44.0 Å². The molecule has 5 heteroatoms. The predicted molar refractivity (Wildman–Crippen MR) is 66.8 cm³/mol. The number of aliphatic hydroxyl groups is 1. The Morgan fingerprint density at radius 3 is 2.88 bits per heavy atom. The molecule has 0 radical (unpaired) electrons. The molecular weight excluding hydrogens is 216 g/mol. The van der Waals surface area contributed by atoms with Crippen molar-refractivity contribution in [3.63, 3.8) is 0 Å². The number of nitrogens with one attached hydrogen (secondary N) is 1. The van der Waals surface area contributed by atoms with Crippen LogP contribution in [0, 0.1) is 5.92 Å². The first kappa shape index (κ1) is 12.4. The molecule has 1 aromatic heterocycles. The van der Waals surface area contributed by atoms with Gasteiger partial charge in [0.1, 0.15) is 5.82 Å². The number of hydrogen-bond acceptors (Lipinski definition) is 4. The molecule has 1 heterocycles. The third-order valence-corrected chi connectivity index (χ3v) is 3.72. The lowest BCUT2D eigenvalue weighted by atomic mass is 9.79. The van der Waals surface area contributed by atoms with Crippen LogP contribution in [0.2, 0.25) is 0 Å². The lowest BCUT2D eigenvalue weighted by Crippen LogP contribution is -2.40. The highest BCUT2D eigenvalue weighted by atomic mass is 16.3. The van der Waals surface area contributed by atoms with E-state index in [1.165, 1.54) is 0 Å². The van der Waals surface area contributed by atoms with E-state index in [9.17, 15) is 5.11 Å². The van der Waals surface area contributed by atoms with Gasteiger partial charge < -0.3 is 10.4 Å². The van der Waals surface area contributed by atoms with Crippen molar-refractivity contribution in [3.8, 4) is 0 Å². The first-order valence-corrected chi connectivity index (χ1v) is 6.48. The van der Waals surface area contributed by atoms with E-state index in [0.29, 0.717) is 6.54 Å². The molecule has 0 unspecified atom stereocenters. The maximum atomic E-state index is 10.4. The molecule has 2 N–H and O–H groups in total. The van der Waals surface area contributed by atoms with Crippen molar-refractivity contribution in [2.24, 2.45) is 5.92 Å². The molecule has 1 aliphatic carbocycles. The second-order valence-corrected chi connectivity index (χ2v) is 5.20. The number of anilines is 1. The fraction of sp³-hybridized carbons (Fsp3) is 0.833. The maximum Gasteiger partial charge on any atom is 0.144 e. The van der Waals surface area contributed by atoms with E-state index in [4.69, 9.17) is 0 Å². The summed E-state index contributed by atoms with van der Waals surface area (Å²) in [5.41, 5.74) is -0.560. The number of aryl methyl sites for hydroxylation is 1. The van der Waals surface area contributed by atoms with Crippen LogP contribution in [0.4, 0.5) is 5.82 Å². The predicted octanol–water partition coefficient (Wildman–Crippen LogP) is 1.65. The van der Waals surface area contributed by atoms with Crippen molar-refractivity contribution in [1.82, 2.24) is 15.0 Å². The Morgan fingerprint density at radius 2 is 2.24 bits per heavy atom. The van der Waals surface area contributed by atoms with E-state index in [1.54, 1.807) is 10.9 Å². The summed E-state index contributed by atoms with van der Waals surface area (Å²) in [6.45, 7) is 5.66. The van der Waals surface area contributed by atoms with Crippen molar-refractivity contribution in [2.75, 3.05) is 11.9 Å². The van der Waals surface area contributed by atoms with Gasteiger partial charge in [-0.05, 0) is 38.5 Å².